The van der Waals surface area contributed by atoms with Crippen molar-refractivity contribution in [3.05, 3.63) is 78.4 Å². The van der Waals surface area contributed by atoms with Crippen molar-refractivity contribution >= 4 is 15.7 Å². The van der Waals surface area contributed by atoms with Gasteiger partial charge in [0.05, 0.1) is 4.90 Å². The predicted molar refractivity (Wildman–Crippen MR) is 108 cm³/mol. The van der Waals surface area contributed by atoms with E-state index in [4.69, 9.17) is 0 Å². The Morgan fingerprint density at radius 3 is 2.39 bits per heavy atom. The molecule has 1 fully saturated rings. The normalized spacial score (nSPS) is 22.9. The van der Waals surface area contributed by atoms with Crippen molar-refractivity contribution in [3.63, 3.8) is 0 Å². The molecule has 1 aliphatic heterocycles. The van der Waals surface area contributed by atoms with Crippen LogP contribution in [0.1, 0.15) is 24.0 Å². The van der Waals surface area contributed by atoms with Gasteiger partial charge in [0.2, 0.25) is 5.91 Å². The number of allylic oxidation sites excluding steroid dienone is 1. The van der Waals surface area contributed by atoms with Crippen molar-refractivity contribution in [1.29, 1.82) is 0 Å². The standard InChI is InChI=1S/C22H25NO4S/c1-3-7-18-14-20(28(26,27)19-12-10-16(2)11-13-19)22(25)23(21(18)24)15-17-8-5-4-6-9-17/h3-6,8-13,18,20-21,24H,1,7,14-15H2,2H3. The van der Waals surface area contributed by atoms with Crippen LogP contribution in [-0.2, 0) is 21.2 Å². The van der Waals surface area contributed by atoms with E-state index in [0.717, 1.165) is 11.1 Å². The number of rotatable bonds is 6. The third-order valence-corrected chi connectivity index (χ3v) is 7.28. The van der Waals surface area contributed by atoms with Gasteiger partial charge in [-0.15, -0.1) is 6.58 Å². The minimum Gasteiger partial charge on any atom is -0.373 e. The van der Waals surface area contributed by atoms with Gasteiger partial charge in [-0.3, -0.25) is 4.79 Å². The molecule has 1 N–H and O–H groups in total. The highest BCUT2D eigenvalue weighted by Gasteiger charge is 2.46. The fourth-order valence-corrected chi connectivity index (χ4v) is 5.35. The van der Waals surface area contributed by atoms with Crippen molar-refractivity contribution in [2.24, 2.45) is 5.92 Å². The van der Waals surface area contributed by atoms with Gasteiger partial charge in [0.25, 0.3) is 0 Å². The fourth-order valence-electron chi connectivity index (χ4n) is 3.60. The number of piperidine rings is 1. The maximum absolute atomic E-state index is 13.2. The van der Waals surface area contributed by atoms with E-state index in [9.17, 15) is 18.3 Å². The minimum atomic E-state index is -3.86. The summed E-state index contributed by atoms with van der Waals surface area (Å²) in [6.45, 7) is 5.74. The van der Waals surface area contributed by atoms with Crippen LogP contribution < -0.4 is 0 Å². The number of carbonyl (C=O) groups excluding carboxylic acids is 1. The molecule has 0 bridgehead atoms. The van der Waals surface area contributed by atoms with E-state index in [1.165, 1.54) is 17.0 Å². The van der Waals surface area contributed by atoms with Crippen LogP contribution in [0.3, 0.4) is 0 Å². The molecule has 0 aromatic heterocycles. The first-order valence-corrected chi connectivity index (χ1v) is 10.8. The van der Waals surface area contributed by atoms with E-state index >= 15 is 0 Å². The molecule has 148 valence electrons. The quantitative estimate of drug-likeness (QED) is 0.758. The van der Waals surface area contributed by atoms with Crippen LogP contribution in [0.2, 0.25) is 0 Å². The second-order valence-corrected chi connectivity index (χ2v) is 9.36. The Bertz CT molecular complexity index is 938. The summed E-state index contributed by atoms with van der Waals surface area (Å²) in [7, 11) is -3.86. The molecule has 1 saturated heterocycles. The van der Waals surface area contributed by atoms with Crippen LogP contribution in [0.15, 0.2) is 72.1 Å². The number of likely N-dealkylation sites (tertiary alicyclic amines) is 1. The number of hydrogen-bond donors (Lipinski definition) is 1. The number of sulfone groups is 1. The number of carbonyl (C=O) groups is 1. The zero-order valence-electron chi connectivity index (χ0n) is 15.9. The van der Waals surface area contributed by atoms with Gasteiger partial charge in [-0.1, -0.05) is 54.1 Å². The monoisotopic (exact) mass is 399 g/mol. The van der Waals surface area contributed by atoms with Crippen molar-refractivity contribution in [2.75, 3.05) is 0 Å². The van der Waals surface area contributed by atoms with Gasteiger partial charge in [0.15, 0.2) is 9.84 Å². The molecule has 3 unspecified atom stereocenters. The Balaban J connectivity index is 1.96. The Labute approximate surface area is 166 Å². The zero-order valence-corrected chi connectivity index (χ0v) is 16.7. The highest BCUT2D eigenvalue weighted by molar-refractivity contribution is 7.92. The van der Waals surface area contributed by atoms with Crippen LogP contribution in [0.25, 0.3) is 0 Å². The van der Waals surface area contributed by atoms with Crippen LogP contribution in [0.4, 0.5) is 0 Å². The number of amides is 1. The summed E-state index contributed by atoms with van der Waals surface area (Å²) >= 11 is 0. The van der Waals surface area contributed by atoms with Crippen LogP contribution >= 0.6 is 0 Å². The maximum Gasteiger partial charge on any atom is 0.243 e. The molecule has 0 aliphatic carbocycles. The van der Waals surface area contributed by atoms with Crippen molar-refractivity contribution < 1.29 is 18.3 Å². The van der Waals surface area contributed by atoms with Gasteiger partial charge in [-0.2, -0.15) is 0 Å². The molecule has 3 rings (SSSR count). The number of benzene rings is 2. The predicted octanol–water partition coefficient (Wildman–Crippen LogP) is 3.08. The average molecular weight is 400 g/mol. The summed E-state index contributed by atoms with van der Waals surface area (Å²) in [5, 5.41) is 9.53. The van der Waals surface area contributed by atoms with Crippen molar-refractivity contribution in [3.8, 4) is 0 Å². The first-order valence-electron chi connectivity index (χ1n) is 9.28. The van der Waals surface area contributed by atoms with Gasteiger partial charge in [-0.05, 0) is 37.5 Å². The summed E-state index contributed by atoms with van der Waals surface area (Å²) < 4.78 is 26.4. The molecule has 6 heteroatoms. The van der Waals surface area contributed by atoms with E-state index in [2.05, 4.69) is 6.58 Å². The number of aliphatic hydroxyl groups excluding tert-OH is 1. The van der Waals surface area contributed by atoms with E-state index in [0.29, 0.717) is 6.42 Å². The molecular formula is C22H25NO4S. The lowest BCUT2D eigenvalue weighted by Gasteiger charge is -2.41. The summed E-state index contributed by atoms with van der Waals surface area (Å²) in [6, 6.07) is 15.8. The molecule has 1 aliphatic rings. The Hall–Kier alpha value is -2.44. The van der Waals surface area contributed by atoms with Crippen molar-refractivity contribution in [1.82, 2.24) is 4.90 Å². The third kappa shape index (κ3) is 4.03. The van der Waals surface area contributed by atoms with Gasteiger partial charge in [0, 0.05) is 12.5 Å². The molecule has 2 aromatic rings. The van der Waals surface area contributed by atoms with Crippen LogP contribution in [0.5, 0.6) is 0 Å². The molecular weight excluding hydrogens is 374 g/mol. The largest absolute Gasteiger partial charge is 0.373 e. The zero-order chi connectivity index (χ0) is 20.3. The Morgan fingerprint density at radius 1 is 1.14 bits per heavy atom. The van der Waals surface area contributed by atoms with Gasteiger partial charge in [0.1, 0.15) is 11.5 Å². The van der Waals surface area contributed by atoms with E-state index in [1.54, 1.807) is 18.2 Å². The Morgan fingerprint density at radius 2 is 1.79 bits per heavy atom. The van der Waals surface area contributed by atoms with E-state index < -0.39 is 27.2 Å². The molecule has 5 nitrogen and oxygen atoms in total. The topological polar surface area (TPSA) is 74.7 Å². The lowest BCUT2D eigenvalue weighted by atomic mass is 9.91. The molecule has 0 radical (unpaired) electrons. The average Bonchev–Trinajstić information content (AvgIpc) is 2.68. The Kier molecular flexibility index (Phi) is 6.01. The SMILES string of the molecule is C=CCC1CC(S(=O)(=O)c2ccc(C)cc2)C(=O)N(Cc2ccccc2)C1O. The molecule has 2 aromatic carbocycles. The number of nitrogens with zero attached hydrogens (tertiary/aromatic N) is 1. The number of hydrogen-bond acceptors (Lipinski definition) is 4. The molecule has 28 heavy (non-hydrogen) atoms. The summed E-state index contributed by atoms with van der Waals surface area (Å²) in [6.07, 6.45) is 1.11. The van der Waals surface area contributed by atoms with Gasteiger partial charge >= 0.3 is 0 Å². The summed E-state index contributed by atoms with van der Waals surface area (Å²) in [4.78, 5) is 14.5. The highest BCUT2D eigenvalue weighted by Crippen LogP contribution is 2.33. The molecule has 3 atom stereocenters. The lowest BCUT2D eigenvalue weighted by Crippen LogP contribution is -2.56. The first kappa shape index (κ1) is 20.3. The minimum absolute atomic E-state index is 0.0769. The lowest BCUT2D eigenvalue weighted by molar-refractivity contribution is -0.153. The second-order valence-electron chi connectivity index (χ2n) is 7.23. The molecule has 1 heterocycles. The molecule has 1 amide bonds. The molecule has 0 spiro atoms. The van der Waals surface area contributed by atoms with Crippen LogP contribution in [0, 0.1) is 12.8 Å². The van der Waals surface area contributed by atoms with E-state index in [-0.39, 0.29) is 23.8 Å². The third-order valence-electron chi connectivity index (χ3n) is 5.21. The van der Waals surface area contributed by atoms with E-state index in [1.807, 2.05) is 37.3 Å². The highest BCUT2D eigenvalue weighted by atomic mass is 32.2. The second kappa shape index (κ2) is 8.29. The van der Waals surface area contributed by atoms with Crippen molar-refractivity contribution in [2.45, 2.75) is 42.7 Å². The smallest absolute Gasteiger partial charge is 0.243 e. The van der Waals surface area contributed by atoms with Gasteiger partial charge < -0.3 is 10.0 Å². The first-order chi connectivity index (χ1) is 13.3. The molecule has 0 saturated carbocycles. The maximum atomic E-state index is 13.2. The van der Waals surface area contributed by atoms with Crippen LogP contribution in [-0.4, -0.2) is 35.8 Å². The number of aryl methyl sites for hydroxylation is 1. The fraction of sp³-hybridized carbons (Fsp3) is 0.318. The summed E-state index contributed by atoms with van der Waals surface area (Å²) in [5.74, 6) is -0.943. The van der Waals surface area contributed by atoms with Gasteiger partial charge in [-0.25, -0.2) is 8.42 Å². The summed E-state index contributed by atoms with van der Waals surface area (Å²) in [5.41, 5.74) is 1.78. The number of aliphatic hydroxyl groups is 1.